The Hall–Kier alpha value is -1.85. The van der Waals surface area contributed by atoms with E-state index in [0.29, 0.717) is 11.3 Å². The van der Waals surface area contributed by atoms with Gasteiger partial charge in [0.1, 0.15) is 18.5 Å². The molecule has 106 valence electrons. The molecule has 0 aliphatic carbocycles. The van der Waals surface area contributed by atoms with Gasteiger partial charge in [-0.25, -0.2) is 0 Å². The summed E-state index contributed by atoms with van der Waals surface area (Å²) in [6.07, 6.45) is -0.738. The van der Waals surface area contributed by atoms with Crippen LogP contribution in [0.4, 0.5) is 0 Å². The van der Waals surface area contributed by atoms with Gasteiger partial charge >= 0.3 is 0 Å². The molecule has 20 heavy (non-hydrogen) atoms. The van der Waals surface area contributed by atoms with E-state index in [2.05, 4.69) is 5.32 Å². The van der Waals surface area contributed by atoms with E-state index >= 15 is 0 Å². The molecule has 2 rings (SSSR count). The number of rotatable bonds is 6. The van der Waals surface area contributed by atoms with Crippen molar-refractivity contribution in [2.24, 2.45) is 0 Å². The van der Waals surface area contributed by atoms with Crippen molar-refractivity contribution in [1.29, 1.82) is 0 Å². The third-order valence-corrected chi connectivity index (χ3v) is 3.40. The Morgan fingerprint density at radius 2 is 2.30 bits per heavy atom. The highest BCUT2D eigenvalue weighted by atomic mass is 32.1. The maximum atomic E-state index is 11.7. The molecule has 5 heteroatoms. The molecule has 0 saturated carbocycles. The van der Waals surface area contributed by atoms with Crippen molar-refractivity contribution < 1.29 is 14.6 Å². The second-order valence-corrected chi connectivity index (χ2v) is 5.28. The van der Waals surface area contributed by atoms with Gasteiger partial charge in [-0.1, -0.05) is 12.1 Å². The SMILES string of the molecule is Cc1cccc(OCC(O)CNC(=O)c2ccsc2)c1. The first-order chi connectivity index (χ1) is 9.65. The predicted molar refractivity (Wildman–Crippen MR) is 79.3 cm³/mol. The minimum atomic E-state index is -0.738. The van der Waals surface area contributed by atoms with Gasteiger partial charge < -0.3 is 15.2 Å². The van der Waals surface area contributed by atoms with Crippen LogP contribution < -0.4 is 10.1 Å². The van der Waals surface area contributed by atoms with Crippen molar-refractivity contribution >= 4 is 17.2 Å². The molecule has 1 amide bonds. The first-order valence-corrected chi connectivity index (χ1v) is 7.27. The van der Waals surface area contributed by atoms with Crippen LogP contribution in [0, 0.1) is 6.92 Å². The Labute approximate surface area is 122 Å². The molecule has 1 aromatic heterocycles. The van der Waals surface area contributed by atoms with Crippen molar-refractivity contribution in [1.82, 2.24) is 5.32 Å². The highest BCUT2D eigenvalue weighted by Crippen LogP contribution is 2.12. The lowest BCUT2D eigenvalue weighted by molar-refractivity contribution is 0.0844. The number of ether oxygens (including phenoxy) is 1. The standard InChI is InChI=1S/C15H17NO3S/c1-11-3-2-4-14(7-11)19-9-13(17)8-16-15(18)12-5-6-20-10-12/h2-7,10,13,17H,8-9H2,1H3,(H,16,18). The van der Waals surface area contributed by atoms with Gasteiger partial charge in [-0.05, 0) is 36.1 Å². The summed E-state index contributed by atoms with van der Waals surface area (Å²) in [5.41, 5.74) is 1.71. The molecule has 0 spiro atoms. The first-order valence-electron chi connectivity index (χ1n) is 6.33. The topological polar surface area (TPSA) is 58.6 Å². The monoisotopic (exact) mass is 291 g/mol. The predicted octanol–water partition coefficient (Wildman–Crippen LogP) is 2.23. The van der Waals surface area contributed by atoms with Crippen molar-refractivity contribution in [2.45, 2.75) is 13.0 Å². The highest BCUT2D eigenvalue weighted by molar-refractivity contribution is 7.08. The summed E-state index contributed by atoms with van der Waals surface area (Å²) >= 11 is 1.46. The average Bonchev–Trinajstić information content (AvgIpc) is 2.97. The van der Waals surface area contributed by atoms with Crippen LogP contribution in [0.1, 0.15) is 15.9 Å². The molecule has 0 radical (unpaired) electrons. The molecule has 4 nitrogen and oxygen atoms in total. The zero-order valence-electron chi connectivity index (χ0n) is 11.2. The molecule has 1 aromatic carbocycles. The number of aliphatic hydroxyl groups is 1. The lowest BCUT2D eigenvalue weighted by Crippen LogP contribution is -2.35. The first kappa shape index (κ1) is 14.6. The lowest BCUT2D eigenvalue weighted by Gasteiger charge is -2.13. The minimum Gasteiger partial charge on any atom is -0.491 e. The number of hydrogen-bond donors (Lipinski definition) is 2. The van der Waals surface area contributed by atoms with Crippen molar-refractivity contribution in [3.05, 3.63) is 52.2 Å². The van der Waals surface area contributed by atoms with Crippen molar-refractivity contribution in [3.8, 4) is 5.75 Å². The normalized spacial score (nSPS) is 11.9. The Kier molecular flexibility index (Phi) is 5.15. The van der Waals surface area contributed by atoms with Gasteiger partial charge in [0, 0.05) is 17.5 Å². The fourth-order valence-corrected chi connectivity index (χ4v) is 2.30. The molecule has 0 saturated heterocycles. The highest BCUT2D eigenvalue weighted by Gasteiger charge is 2.10. The van der Waals surface area contributed by atoms with E-state index in [4.69, 9.17) is 4.74 Å². The number of amides is 1. The number of carbonyl (C=O) groups is 1. The fraction of sp³-hybridized carbons (Fsp3) is 0.267. The largest absolute Gasteiger partial charge is 0.491 e. The summed E-state index contributed by atoms with van der Waals surface area (Å²) < 4.78 is 5.47. The molecule has 2 aromatic rings. The number of hydrogen-bond acceptors (Lipinski definition) is 4. The smallest absolute Gasteiger partial charge is 0.252 e. The zero-order valence-corrected chi connectivity index (χ0v) is 12.0. The summed E-state index contributed by atoms with van der Waals surface area (Å²) in [6.45, 7) is 2.29. The molecule has 0 fully saturated rings. The van der Waals surface area contributed by atoms with Crippen molar-refractivity contribution in [3.63, 3.8) is 0 Å². The molecular formula is C15H17NO3S. The molecular weight excluding hydrogens is 274 g/mol. The number of carbonyl (C=O) groups excluding carboxylic acids is 1. The Bertz CT molecular complexity index is 554. The molecule has 0 aliphatic rings. The van der Waals surface area contributed by atoms with Crippen LogP contribution in [0.2, 0.25) is 0 Å². The van der Waals surface area contributed by atoms with Gasteiger partial charge in [0.25, 0.3) is 5.91 Å². The van der Waals surface area contributed by atoms with Crippen LogP contribution in [0.5, 0.6) is 5.75 Å². The second-order valence-electron chi connectivity index (χ2n) is 4.50. The van der Waals surface area contributed by atoms with E-state index in [0.717, 1.165) is 5.56 Å². The van der Waals surface area contributed by atoms with Crippen molar-refractivity contribution in [2.75, 3.05) is 13.2 Å². The number of nitrogens with one attached hydrogen (secondary N) is 1. The molecule has 1 atom stereocenters. The molecule has 1 unspecified atom stereocenters. The zero-order chi connectivity index (χ0) is 14.4. The van der Waals surface area contributed by atoms with Crippen LogP contribution in [-0.4, -0.2) is 30.3 Å². The van der Waals surface area contributed by atoms with Gasteiger partial charge in [0.15, 0.2) is 0 Å². The number of benzene rings is 1. The van der Waals surface area contributed by atoms with Crippen LogP contribution in [0.25, 0.3) is 0 Å². The average molecular weight is 291 g/mol. The van der Waals surface area contributed by atoms with E-state index in [9.17, 15) is 9.90 Å². The molecule has 1 heterocycles. The summed E-state index contributed by atoms with van der Waals surface area (Å²) in [5, 5.41) is 16.1. The van der Waals surface area contributed by atoms with Gasteiger partial charge in [-0.3, -0.25) is 4.79 Å². The van der Waals surface area contributed by atoms with E-state index in [1.165, 1.54) is 11.3 Å². The van der Waals surface area contributed by atoms with Crippen LogP contribution in [0.3, 0.4) is 0 Å². The van der Waals surface area contributed by atoms with E-state index in [1.807, 2.05) is 36.6 Å². The Balaban J connectivity index is 1.73. The summed E-state index contributed by atoms with van der Waals surface area (Å²) in [7, 11) is 0. The molecule has 0 aliphatic heterocycles. The molecule has 2 N–H and O–H groups in total. The van der Waals surface area contributed by atoms with Gasteiger partial charge in [0.05, 0.1) is 0 Å². The Morgan fingerprint density at radius 1 is 1.45 bits per heavy atom. The third-order valence-electron chi connectivity index (χ3n) is 2.71. The maximum Gasteiger partial charge on any atom is 0.252 e. The second kappa shape index (κ2) is 7.07. The van der Waals surface area contributed by atoms with Crippen LogP contribution in [0.15, 0.2) is 41.1 Å². The number of thiophene rings is 1. The quantitative estimate of drug-likeness (QED) is 0.858. The van der Waals surface area contributed by atoms with Gasteiger partial charge in [-0.2, -0.15) is 11.3 Å². The van der Waals surface area contributed by atoms with E-state index < -0.39 is 6.10 Å². The van der Waals surface area contributed by atoms with Crippen LogP contribution >= 0.6 is 11.3 Å². The lowest BCUT2D eigenvalue weighted by atomic mass is 10.2. The molecule has 0 bridgehead atoms. The maximum absolute atomic E-state index is 11.7. The Morgan fingerprint density at radius 3 is 3.00 bits per heavy atom. The summed E-state index contributed by atoms with van der Waals surface area (Å²) in [5.74, 6) is 0.536. The van der Waals surface area contributed by atoms with E-state index in [-0.39, 0.29) is 19.1 Å². The number of aliphatic hydroxyl groups excluding tert-OH is 1. The summed E-state index contributed by atoms with van der Waals surface area (Å²) in [6, 6.07) is 9.36. The van der Waals surface area contributed by atoms with E-state index in [1.54, 1.807) is 11.4 Å². The van der Waals surface area contributed by atoms with Crippen LogP contribution in [-0.2, 0) is 0 Å². The number of aryl methyl sites for hydroxylation is 1. The van der Waals surface area contributed by atoms with Gasteiger partial charge in [0.2, 0.25) is 0 Å². The fourth-order valence-electron chi connectivity index (χ4n) is 1.66. The summed E-state index contributed by atoms with van der Waals surface area (Å²) in [4.78, 5) is 11.7. The minimum absolute atomic E-state index is 0.146. The van der Waals surface area contributed by atoms with Gasteiger partial charge in [-0.15, -0.1) is 0 Å². The third kappa shape index (κ3) is 4.36.